The van der Waals surface area contributed by atoms with Gasteiger partial charge in [0, 0.05) is 0 Å². The zero-order chi connectivity index (χ0) is 21.3. The Balaban J connectivity index is 1.93. The largest absolute Gasteiger partial charge is 0.462 e. The number of aryl methyl sites for hydroxylation is 3. The maximum atomic E-state index is 12.6. The van der Waals surface area contributed by atoms with E-state index in [2.05, 4.69) is 9.97 Å². The molecule has 2 aromatic heterocycles. The molecular formula is C21H22N2O5S. The molecule has 0 aliphatic heterocycles. The number of rotatable bonds is 5. The summed E-state index contributed by atoms with van der Waals surface area (Å²) in [5.74, 6) is -0.753. The molecule has 0 bridgehead atoms. The van der Waals surface area contributed by atoms with Gasteiger partial charge in [0.2, 0.25) is 0 Å². The molecule has 1 aromatic carbocycles. The lowest BCUT2D eigenvalue weighted by Crippen LogP contribution is -2.17. The molecule has 0 aliphatic rings. The number of nitrogens with one attached hydrogen (secondary N) is 1. The number of aromatic nitrogens is 2. The topological polar surface area (TPSA) is 98.3 Å². The molecule has 7 nitrogen and oxygen atoms in total. The van der Waals surface area contributed by atoms with Crippen LogP contribution in [0.1, 0.15) is 62.5 Å². The summed E-state index contributed by atoms with van der Waals surface area (Å²) in [6.07, 6.45) is -0.770. The highest BCUT2D eigenvalue weighted by Gasteiger charge is 2.23. The Morgan fingerprint density at radius 3 is 2.62 bits per heavy atom. The van der Waals surface area contributed by atoms with E-state index in [4.69, 9.17) is 9.47 Å². The van der Waals surface area contributed by atoms with Crippen molar-refractivity contribution in [2.24, 2.45) is 0 Å². The van der Waals surface area contributed by atoms with Crippen molar-refractivity contribution in [3.05, 3.63) is 61.5 Å². The zero-order valence-electron chi connectivity index (χ0n) is 16.9. The number of ether oxygens (including phenoxy) is 2. The van der Waals surface area contributed by atoms with E-state index in [9.17, 15) is 14.4 Å². The number of hydrogen-bond donors (Lipinski definition) is 1. The fourth-order valence-electron chi connectivity index (χ4n) is 2.98. The van der Waals surface area contributed by atoms with Crippen molar-refractivity contribution in [3.8, 4) is 0 Å². The number of carbonyl (C=O) groups is 2. The zero-order valence-corrected chi connectivity index (χ0v) is 17.7. The van der Waals surface area contributed by atoms with Gasteiger partial charge in [-0.1, -0.05) is 17.7 Å². The molecule has 0 saturated heterocycles. The average Bonchev–Trinajstić information content (AvgIpc) is 3.01. The molecule has 0 unspecified atom stereocenters. The molecule has 29 heavy (non-hydrogen) atoms. The molecule has 1 N–H and O–H groups in total. The van der Waals surface area contributed by atoms with Gasteiger partial charge >= 0.3 is 11.9 Å². The van der Waals surface area contributed by atoms with Gasteiger partial charge in [-0.25, -0.2) is 14.6 Å². The lowest BCUT2D eigenvalue weighted by Gasteiger charge is -2.14. The summed E-state index contributed by atoms with van der Waals surface area (Å²) in [4.78, 5) is 45.1. The van der Waals surface area contributed by atoms with Gasteiger partial charge < -0.3 is 14.5 Å². The number of thiophene rings is 1. The van der Waals surface area contributed by atoms with Crippen LogP contribution in [-0.4, -0.2) is 28.5 Å². The molecule has 3 rings (SSSR count). The highest BCUT2D eigenvalue weighted by atomic mass is 32.1. The molecule has 8 heteroatoms. The molecule has 152 valence electrons. The minimum absolute atomic E-state index is 0.220. The second kappa shape index (κ2) is 8.16. The van der Waals surface area contributed by atoms with E-state index in [1.54, 1.807) is 26.8 Å². The summed E-state index contributed by atoms with van der Waals surface area (Å²) in [5, 5.41) is 0.342. The van der Waals surface area contributed by atoms with E-state index in [-0.39, 0.29) is 18.0 Å². The first-order chi connectivity index (χ1) is 13.7. The standard InChI is InChI=1S/C21H22N2O5S/c1-6-27-21(26)16-12(4)15-18(24)22-17(23-19(15)29-16)13(5)28-20(25)14-9-10(2)7-8-11(14)3/h7-9,13H,6H2,1-5H3,(H,22,23,24)/t13-/m0/s1. The summed E-state index contributed by atoms with van der Waals surface area (Å²) in [6, 6.07) is 5.54. The van der Waals surface area contributed by atoms with Gasteiger partial charge in [0.25, 0.3) is 5.56 Å². The van der Waals surface area contributed by atoms with E-state index >= 15 is 0 Å². The van der Waals surface area contributed by atoms with Crippen molar-refractivity contribution in [2.45, 2.75) is 40.7 Å². The maximum absolute atomic E-state index is 12.6. The number of esters is 2. The smallest absolute Gasteiger partial charge is 0.348 e. The van der Waals surface area contributed by atoms with Crippen molar-refractivity contribution in [3.63, 3.8) is 0 Å². The summed E-state index contributed by atoms with van der Waals surface area (Å²) in [5.41, 5.74) is 2.37. The number of hydrogen-bond acceptors (Lipinski definition) is 7. The fraction of sp³-hybridized carbons (Fsp3) is 0.333. The monoisotopic (exact) mass is 414 g/mol. The molecule has 2 heterocycles. The van der Waals surface area contributed by atoms with Crippen LogP contribution in [0.4, 0.5) is 0 Å². The van der Waals surface area contributed by atoms with Gasteiger partial charge in [-0.15, -0.1) is 11.3 Å². The Labute approximate surface area is 171 Å². The van der Waals surface area contributed by atoms with Gasteiger partial charge in [-0.3, -0.25) is 4.79 Å². The van der Waals surface area contributed by atoms with Crippen molar-refractivity contribution in [1.29, 1.82) is 0 Å². The van der Waals surface area contributed by atoms with Crippen LogP contribution in [0.5, 0.6) is 0 Å². The van der Waals surface area contributed by atoms with Crippen LogP contribution in [-0.2, 0) is 9.47 Å². The normalized spacial score (nSPS) is 12.0. The van der Waals surface area contributed by atoms with Crippen molar-refractivity contribution in [2.75, 3.05) is 6.61 Å². The summed E-state index contributed by atoms with van der Waals surface area (Å²) < 4.78 is 10.6. The molecule has 3 aromatic rings. The molecule has 1 atom stereocenters. The quantitative estimate of drug-likeness (QED) is 0.634. The average molecular weight is 414 g/mol. The Bertz CT molecular complexity index is 1160. The minimum atomic E-state index is -0.770. The van der Waals surface area contributed by atoms with Crippen LogP contribution in [0.15, 0.2) is 23.0 Å². The molecular weight excluding hydrogens is 392 g/mol. The van der Waals surface area contributed by atoms with Crippen LogP contribution >= 0.6 is 11.3 Å². The third-order valence-corrected chi connectivity index (χ3v) is 5.73. The van der Waals surface area contributed by atoms with Gasteiger partial charge in [0.1, 0.15) is 9.71 Å². The van der Waals surface area contributed by atoms with Gasteiger partial charge in [0.15, 0.2) is 11.9 Å². The Hall–Kier alpha value is -3.00. The first-order valence-electron chi connectivity index (χ1n) is 9.21. The number of benzene rings is 1. The molecule has 0 saturated carbocycles. The van der Waals surface area contributed by atoms with Crippen molar-refractivity contribution in [1.82, 2.24) is 9.97 Å². The Morgan fingerprint density at radius 1 is 1.21 bits per heavy atom. The van der Waals surface area contributed by atoms with Gasteiger partial charge in [-0.05, 0) is 51.8 Å². The molecule has 0 aliphatic carbocycles. The second-order valence-corrected chi connectivity index (χ2v) is 7.77. The van der Waals surface area contributed by atoms with Crippen LogP contribution in [0, 0.1) is 20.8 Å². The SMILES string of the molecule is CCOC(=O)c1sc2nc([C@H](C)OC(=O)c3cc(C)ccc3C)[nH]c(=O)c2c1C. The third kappa shape index (κ3) is 4.07. The predicted octanol–water partition coefficient (Wildman–Crippen LogP) is 4.00. The number of carbonyl (C=O) groups excluding carboxylic acids is 2. The number of nitrogens with zero attached hydrogens (tertiary/aromatic N) is 1. The third-order valence-electron chi connectivity index (χ3n) is 4.56. The van der Waals surface area contributed by atoms with E-state index in [0.717, 1.165) is 22.5 Å². The molecule has 0 spiro atoms. The molecule has 0 radical (unpaired) electrons. The van der Waals surface area contributed by atoms with Crippen LogP contribution in [0.3, 0.4) is 0 Å². The maximum Gasteiger partial charge on any atom is 0.348 e. The van der Waals surface area contributed by atoms with Crippen LogP contribution in [0.2, 0.25) is 0 Å². The number of fused-ring (bicyclic) bond motifs is 1. The fourth-order valence-corrected chi connectivity index (χ4v) is 4.06. The van der Waals surface area contributed by atoms with Crippen LogP contribution < -0.4 is 5.56 Å². The molecule has 0 amide bonds. The first-order valence-corrected chi connectivity index (χ1v) is 10.0. The molecule has 0 fully saturated rings. The highest BCUT2D eigenvalue weighted by Crippen LogP contribution is 2.29. The first kappa shape index (κ1) is 20.7. The van der Waals surface area contributed by atoms with Crippen molar-refractivity contribution < 1.29 is 19.1 Å². The predicted molar refractivity (Wildman–Crippen MR) is 111 cm³/mol. The summed E-state index contributed by atoms with van der Waals surface area (Å²) in [7, 11) is 0. The lowest BCUT2D eigenvalue weighted by molar-refractivity contribution is 0.0318. The summed E-state index contributed by atoms with van der Waals surface area (Å²) >= 11 is 1.09. The Kier molecular flexibility index (Phi) is 5.83. The van der Waals surface area contributed by atoms with E-state index in [1.165, 1.54) is 0 Å². The highest BCUT2D eigenvalue weighted by molar-refractivity contribution is 7.20. The van der Waals surface area contributed by atoms with Crippen LogP contribution in [0.25, 0.3) is 10.2 Å². The van der Waals surface area contributed by atoms with E-state index in [1.807, 2.05) is 26.0 Å². The summed E-state index contributed by atoms with van der Waals surface area (Å²) in [6.45, 7) is 9.01. The minimum Gasteiger partial charge on any atom is -0.462 e. The van der Waals surface area contributed by atoms with Gasteiger partial charge in [0.05, 0.1) is 17.6 Å². The van der Waals surface area contributed by atoms with E-state index in [0.29, 0.717) is 26.2 Å². The van der Waals surface area contributed by atoms with E-state index < -0.39 is 18.0 Å². The second-order valence-electron chi connectivity index (χ2n) is 6.77. The Morgan fingerprint density at radius 2 is 1.93 bits per heavy atom. The number of aromatic amines is 1. The van der Waals surface area contributed by atoms with Crippen molar-refractivity contribution >= 4 is 33.5 Å². The van der Waals surface area contributed by atoms with Gasteiger partial charge in [-0.2, -0.15) is 0 Å². The lowest BCUT2D eigenvalue weighted by atomic mass is 10.1. The number of H-pyrrole nitrogens is 1.